The monoisotopic (exact) mass is 356 g/mol. The van der Waals surface area contributed by atoms with Gasteiger partial charge in [0.1, 0.15) is 12.4 Å². The summed E-state index contributed by atoms with van der Waals surface area (Å²) in [6, 6.07) is 12.7. The number of benzene rings is 1. The van der Waals surface area contributed by atoms with Crippen molar-refractivity contribution in [3.05, 3.63) is 60.1 Å². The SMILES string of the molecule is CC(C)N1C(=O)CO[C@H](C(=O)N(C)Cc2ccco2)[C@H]1c1ccccc1. The van der Waals surface area contributed by atoms with Crippen molar-refractivity contribution in [2.75, 3.05) is 13.7 Å². The maximum Gasteiger partial charge on any atom is 0.254 e. The highest BCUT2D eigenvalue weighted by molar-refractivity contribution is 5.86. The number of hydrogen-bond acceptors (Lipinski definition) is 4. The summed E-state index contributed by atoms with van der Waals surface area (Å²) in [6.07, 6.45) is 0.828. The Morgan fingerprint density at radius 1 is 1.23 bits per heavy atom. The van der Waals surface area contributed by atoms with Gasteiger partial charge in [-0.25, -0.2) is 0 Å². The first-order chi connectivity index (χ1) is 12.5. The number of rotatable bonds is 5. The molecule has 0 unspecified atom stereocenters. The molecule has 0 N–H and O–H groups in total. The van der Waals surface area contributed by atoms with Crippen molar-refractivity contribution in [3.8, 4) is 0 Å². The predicted molar refractivity (Wildman–Crippen MR) is 96.1 cm³/mol. The molecule has 1 aliphatic rings. The normalized spacial score (nSPS) is 20.5. The topological polar surface area (TPSA) is 63.0 Å². The van der Waals surface area contributed by atoms with Gasteiger partial charge in [-0.2, -0.15) is 0 Å². The van der Waals surface area contributed by atoms with Crippen molar-refractivity contribution in [1.29, 1.82) is 0 Å². The molecule has 1 aromatic carbocycles. The maximum absolute atomic E-state index is 13.1. The Morgan fingerprint density at radius 3 is 2.58 bits per heavy atom. The first kappa shape index (κ1) is 18.2. The molecule has 1 aliphatic heterocycles. The van der Waals surface area contributed by atoms with Gasteiger partial charge >= 0.3 is 0 Å². The minimum absolute atomic E-state index is 0.0396. The second-order valence-electron chi connectivity index (χ2n) is 6.76. The quantitative estimate of drug-likeness (QED) is 0.826. The van der Waals surface area contributed by atoms with Gasteiger partial charge in [-0.1, -0.05) is 30.3 Å². The number of ether oxygens (including phenoxy) is 1. The Balaban J connectivity index is 1.89. The fourth-order valence-corrected chi connectivity index (χ4v) is 3.36. The number of morpholine rings is 1. The van der Waals surface area contributed by atoms with Crippen LogP contribution >= 0.6 is 0 Å². The minimum Gasteiger partial charge on any atom is -0.467 e. The summed E-state index contributed by atoms with van der Waals surface area (Å²) in [5.41, 5.74) is 0.888. The van der Waals surface area contributed by atoms with E-state index in [9.17, 15) is 9.59 Å². The van der Waals surface area contributed by atoms with Crippen molar-refractivity contribution in [1.82, 2.24) is 9.80 Å². The molecule has 0 saturated carbocycles. The Hall–Kier alpha value is -2.60. The lowest BCUT2D eigenvalue weighted by atomic mass is 9.95. The van der Waals surface area contributed by atoms with E-state index in [1.807, 2.05) is 50.2 Å². The molecule has 138 valence electrons. The average Bonchev–Trinajstić information content (AvgIpc) is 3.14. The molecule has 6 nitrogen and oxygen atoms in total. The molecule has 26 heavy (non-hydrogen) atoms. The van der Waals surface area contributed by atoms with E-state index < -0.39 is 12.1 Å². The van der Waals surface area contributed by atoms with Crippen molar-refractivity contribution < 1.29 is 18.7 Å². The minimum atomic E-state index is -0.752. The molecule has 0 spiro atoms. The van der Waals surface area contributed by atoms with Crippen LogP contribution in [0.15, 0.2) is 53.1 Å². The van der Waals surface area contributed by atoms with Crippen LogP contribution in [0.3, 0.4) is 0 Å². The molecule has 0 radical (unpaired) electrons. The van der Waals surface area contributed by atoms with Gasteiger partial charge in [-0.15, -0.1) is 0 Å². The number of furan rings is 1. The van der Waals surface area contributed by atoms with Crippen molar-refractivity contribution in [3.63, 3.8) is 0 Å². The molecule has 1 saturated heterocycles. The van der Waals surface area contributed by atoms with Crippen molar-refractivity contribution >= 4 is 11.8 Å². The molecule has 1 aromatic heterocycles. The summed E-state index contributed by atoms with van der Waals surface area (Å²) >= 11 is 0. The summed E-state index contributed by atoms with van der Waals surface area (Å²) in [7, 11) is 1.71. The Kier molecular flexibility index (Phi) is 5.42. The highest BCUT2D eigenvalue weighted by Gasteiger charge is 2.43. The van der Waals surface area contributed by atoms with E-state index in [2.05, 4.69) is 0 Å². The van der Waals surface area contributed by atoms with E-state index in [1.54, 1.807) is 29.2 Å². The number of carbonyl (C=O) groups is 2. The molecule has 6 heteroatoms. The van der Waals surface area contributed by atoms with Crippen LogP contribution in [0.25, 0.3) is 0 Å². The highest BCUT2D eigenvalue weighted by Crippen LogP contribution is 2.33. The van der Waals surface area contributed by atoms with Gasteiger partial charge in [0.2, 0.25) is 5.91 Å². The van der Waals surface area contributed by atoms with Gasteiger partial charge < -0.3 is 19.0 Å². The van der Waals surface area contributed by atoms with Crippen LogP contribution in [0.5, 0.6) is 0 Å². The summed E-state index contributed by atoms with van der Waals surface area (Å²) in [5.74, 6) is 0.421. The smallest absolute Gasteiger partial charge is 0.254 e. The van der Waals surface area contributed by atoms with Crippen LogP contribution in [0.4, 0.5) is 0 Å². The van der Waals surface area contributed by atoms with Crippen molar-refractivity contribution in [2.45, 2.75) is 38.6 Å². The van der Waals surface area contributed by atoms with Crippen LogP contribution in [0.2, 0.25) is 0 Å². The Morgan fingerprint density at radius 2 is 1.96 bits per heavy atom. The van der Waals surface area contributed by atoms with Gasteiger partial charge in [0, 0.05) is 13.1 Å². The molecule has 2 amide bonds. The van der Waals surface area contributed by atoms with E-state index in [4.69, 9.17) is 9.15 Å². The number of hydrogen-bond donors (Lipinski definition) is 0. The molecule has 0 bridgehead atoms. The lowest BCUT2D eigenvalue weighted by Crippen LogP contribution is -2.56. The zero-order valence-electron chi connectivity index (χ0n) is 15.3. The van der Waals surface area contributed by atoms with E-state index in [1.165, 1.54) is 0 Å². The van der Waals surface area contributed by atoms with E-state index >= 15 is 0 Å². The Bertz CT molecular complexity index is 742. The van der Waals surface area contributed by atoms with Crippen LogP contribution in [-0.2, 0) is 20.9 Å². The van der Waals surface area contributed by atoms with Gasteiger partial charge in [-0.3, -0.25) is 9.59 Å². The van der Waals surface area contributed by atoms with Crippen LogP contribution in [-0.4, -0.2) is 47.4 Å². The Labute approximate surface area is 153 Å². The third-order valence-electron chi connectivity index (χ3n) is 4.55. The van der Waals surface area contributed by atoms with Crippen LogP contribution in [0, 0.1) is 0 Å². The number of likely N-dealkylation sites (N-methyl/N-ethyl adjacent to an activating group) is 1. The first-order valence-corrected chi connectivity index (χ1v) is 8.74. The largest absolute Gasteiger partial charge is 0.467 e. The van der Waals surface area contributed by atoms with Crippen LogP contribution < -0.4 is 0 Å². The lowest BCUT2D eigenvalue weighted by molar-refractivity contribution is -0.171. The fourth-order valence-electron chi connectivity index (χ4n) is 3.36. The fraction of sp³-hybridized carbons (Fsp3) is 0.400. The maximum atomic E-state index is 13.1. The molecule has 2 heterocycles. The number of carbonyl (C=O) groups excluding carboxylic acids is 2. The molecule has 0 aliphatic carbocycles. The molecular formula is C20H24N2O4. The first-order valence-electron chi connectivity index (χ1n) is 8.74. The van der Waals surface area contributed by atoms with Gasteiger partial charge in [0.05, 0.1) is 18.8 Å². The molecular weight excluding hydrogens is 332 g/mol. The second-order valence-corrected chi connectivity index (χ2v) is 6.76. The highest BCUT2D eigenvalue weighted by atomic mass is 16.5. The zero-order valence-corrected chi connectivity index (χ0v) is 15.3. The van der Waals surface area contributed by atoms with E-state index in [0.717, 1.165) is 5.56 Å². The van der Waals surface area contributed by atoms with Crippen molar-refractivity contribution in [2.24, 2.45) is 0 Å². The summed E-state index contributed by atoms with van der Waals surface area (Å²) in [4.78, 5) is 28.9. The predicted octanol–water partition coefficient (Wildman–Crippen LogP) is 2.62. The molecule has 3 rings (SSSR count). The standard InChI is InChI=1S/C20H24N2O4/c1-14(2)22-17(23)13-26-19(18(22)15-8-5-4-6-9-15)20(24)21(3)12-16-10-7-11-25-16/h4-11,14,18-19H,12-13H2,1-3H3/t18-,19+/m1/s1. The zero-order chi connectivity index (χ0) is 18.7. The molecule has 2 atom stereocenters. The van der Waals surface area contributed by atoms with Gasteiger partial charge in [-0.05, 0) is 31.5 Å². The van der Waals surface area contributed by atoms with Gasteiger partial charge in [0.25, 0.3) is 5.91 Å². The van der Waals surface area contributed by atoms with Gasteiger partial charge in [0.15, 0.2) is 6.10 Å². The summed E-state index contributed by atoms with van der Waals surface area (Å²) in [5, 5.41) is 0. The van der Waals surface area contributed by atoms with E-state index in [0.29, 0.717) is 12.3 Å². The average molecular weight is 356 g/mol. The molecule has 2 aromatic rings. The third-order valence-corrected chi connectivity index (χ3v) is 4.55. The van der Waals surface area contributed by atoms with E-state index in [-0.39, 0.29) is 24.5 Å². The molecule has 1 fully saturated rings. The number of amides is 2. The third kappa shape index (κ3) is 3.65. The lowest BCUT2D eigenvalue weighted by Gasteiger charge is -2.43. The summed E-state index contributed by atoms with van der Waals surface area (Å²) in [6.45, 7) is 4.16. The summed E-state index contributed by atoms with van der Waals surface area (Å²) < 4.78 is 11.1. The van der Waals surface area contributed by atoms with Crippen LogP contribution in [0.1, 0.15) is 31.2 Å². The number of nitrogens with zero attached hydrogens (tertiary/aromatic N) is 2. The second kappa shape index (κ2) is 7.74.